The molecule has 1 amide bonds. The highest BCUT2D eigenvalue weighted by molar-refractivity contribution is 7.16. The van der Waals surface area contributed by atoms with Crippen molar-refractivity contribution in [2.24, 2.45) is 0 Å². The SMILES string of the molecule is COc1cccc(C(O)CN(C)C(=O)CCc2nn3c(C)nnc3s2)c1. The van der Waals surface area contributed by atoms with Crippen molar-refractivity contribution in [2.45, 2.75) is 25.9 Å². The van der Waals surface area contributed by atoms with Gasteiger partial charge in [-0.05, 0) is 24.6 Å². The van der Waals surface area contributed by atoms with Gasteiger partial charge in [0, 0.05) is 19.9 Å². The molecule has 0 aliphatic rings. The number of benzene rings is 1. The van der Waals surface area contributed by atoms with Crippen LogP contribution in [-0.2, 0) is 11.2 Å². The first kappa shape index (κ1) is 18.3. The van der Waals surface area contributed by atoms with E-state index in [0.29, 0.717) is 24.2 Å². The van der Waals surface area contributed by atoms with E-state index in [1.54, 1.807) is 24.7 Å². The van der Waals surface area contributed by atoms with Crippen molar-refractivity contribution in [3.8, 4) is 5.75 Å². The van der Waals surface area contributed by atoms with E-state index in [0.717, 1.165) is 15.8 Å². The lowest BCUT2D eigenvalue weighted by Crippen LogP contribution is -2.31. The van der Waals surface area contributed by atoms with Crippen LogP contribution in [0.5, 0.6) is 5.75 Å². The van der Waals surface area contributed by atoms with Gasteiger partial charge in [0.05, 0.1) is 19.8 Å². The molecule has 1 atom stereocenters. The number of nitrogens with zero attached hydrogens (tertiary/aromatic N) is 5. The van der Waals surface area contributed by atoms with Crippen molar-refractivity contribution < 1.29 is 14.6 Å². The number of aromatic nitrogens is 4. The number of ether oxygens (including phenoxy) is 1. The number of carbonyl (C=O) groups is 1. The Labute approximate surface area is 155 Å². The number of aliphatic hydroxyl groups is 1. The molecule has 2 heterocycles. The maximum absolute atomic E-state index is 12.4. The van der Waals surface area contributed by atoms with Gasteiger partial charge in [0.25, 0.3) is 0 Å². The number of carbonyl (C=O) groups excluding carboxylic acids is 1. The molecule has 138 valence electrons. The first-order valence-corrected chi connectivity index (χ1v) is 9.03. The molecule has 0 aliphatic carbocycles. The Morgan fingerprint density at radius 1 is 1.42 bits per heavy atom. The number of hydrogen-bond acceptors (Lipinski definition) is 7. The number of methoxy groups -OCH3 is 1. The molecule has 0 saturated carbocycles. The average Bonchev–Trinajstić information content (AvgIpc) is 3.21. The molecule has 1 aromatic carbocycles. The molecule has 2 aromatic heterocycles. The zero-order chi connectivity index (χ0) is 18.7. The lowest BCUT2D eigenvalue weighted by Gasteiger charge is -2.21. The molecular weight excluding hydrogens is 354 g/mol. The van der Waals surface area contributed by atoms with Gasteiger partial charge < -0.3 is 14.7 Å². The number of fused-ring (bicyclic) bond motifs is 1. The minimum absolute atomic E-state index is 0.0466. The fourth-order valence-electron chi connectivity index (χ4n) is 2.58. The van der Waals surface area contributed by atoms with Crippen molar-refractivity contribution in [3.05, 3.63) is 40.7 Å². The summed E-state index contributed by atoms with van der Waals surface area (Å²) in [5.74, 6) is 1.36. The van der Waals surface area contributed by atoms with E-state index >= 15 is 0 Å². The number of aliphatic hydroxyl groups excluding tert-OH is 1. The Morgan fingerprint density at radius 3 is 2.96 bits per heavy atom. The second kappa shape index (κ2) is 7.79. The van der Waals surface area contributed by atoms with Gasteiger partial charge in [-0.1, -0.05) is 23.5 Å². The summed E-state index contributed by atoms with van der Waals surface area (Å²) in [4.78, 5) is 14.6. The highest BCUT2D eigenvalue weighted by atomic mass is 32.1. The van der Waals surface area contributed by atoms with Crippen molar-refractivity contribution in [3.63, 3.8) is 0 Å². The lowest BCUT2D eigenvalue weighted by molar-refractivity contribution is -0.131. The average molecular weight is 375 g/mol. The van der Waals surface area contributed by atoms with Crippen molar-refractivity contribution in [1.82, 2.24) is 24.7 Å². The monoisotopic (exact) mass is 375 g/mol. The van der Waals surface area contributed by atoms with Gasteiger partial charge in [0.2, 0.25) is 10.9 Å². The summed E-state index contributed by atoms with van der Waals surface area (Å²) in [6.45, 7) is 2.05. The minimum Gasteiger partial charge on any atom is -0.497 e. The van der Waals surface area contributed by atoms with Gasteiger partial charge in [0.15, 0.2) is 5.82 Å². The third-order valence-corrected chi connectivity index (χ3v) is 5.05. The highest BCUT2D eigenvalue weighted by Crippen LogP contribution is 2.20. The summed E-state index contributed by atoms with van der Waals surface area (Å²) in [5.41, 5.74) is 0.716. The molecule has 0 radical (unpaired) electrons. The number of likely N-dealkylation sites (N-methyl/N-ethyl adjacent to an activating group) is 1. The number of aryl methyl sites for hydroxylation is 2. The third-order valence-electron chi connectivity index (χ3n) is 4.09. The van der Waals surface area contributed by atoms with Gasteiger partial charge in [0.1, 0.15) is 10.8 Å². The molecule has 0 spiro atoms. The zero-order valence-corrected chi connectivity index (χ0v) is 15.7. The molecule has 3 aromatic rings. The van der Waals surface area contributed by atoms with Crippen LogP contribution in [0.1, 0.15) is 28.9 Å². The van der Waals surface area contributed by atoms with Gasteiger partial charge in [-0.2, -0.15) is 9.61 Å². The number of rotatable bonds is 7. The Hall–Kier alpha value is -2.52. The topological polar surface area (TPSA) is 92.9 Å². The maximum atomic E-state index is 12.4. The zero-order valence-electron chi connectivity index (χ0n) is 14.9. The summed E-state index contributed by atoms with van der Waals surface area (Å²) >= 11 is 1.43. The van der Waals surface area contributed by atoms with Crippen LogP contribution in [0.3, 0.4) is 0 Å². The van der Waals surface area contributed by atoms with Crippen LogP contribution in [0.25, 0.3) is 4.96 Å². The quantitative estimate of drug-likeness (QED) is 0.675. The second-order valence-corrected chi connectivity index (χ2v) is 7.04. The van der Waals surface area contributed by atoms with Crippen LogP contribution in [0, 0.1) is 6.92 Å². The normalized spacial score (nSPS) is 12.3. The summed E-state index contributed by atoms with van der Waals surface area (Å²) < 4.78 is 6.84. The molecule has 0 bridgehead atoms. The Kier molecular flexibility index (Phi) is 5.48. The van der Waals surface area contributed by atoms with Crippen LogP contribution in [0.4, 0.5) is 0 Å². The number of hydrogen-bond donors (Lipinski definition) is 1. The van der Waals surface area contributed by atoms with Crippen LogP contribution in [0.15, 0.2) is 24.3 Å². The van der Waals surface area contributed by atoms with E-state index in [9.17, 15) is 9.90 Å². The van der Waals surface area contributed by atoms with E-state index in [4.69, 9.17) is 4.74 Å². The first-order chi connectivity index (χ1) is 12.5. The van der Waals surface area contributed by atoms with E-state index < -0.39 is 6.10 Å². The summed E-state index contributed by atoms with van der Waals surface area (Å²) in [6, 6.07) is 7.21. The lowest BCUT2D eigenvalue weighted by atomic mass is 10.1. The minimum atomic E-state index is -0.768. The fourth-order valence-corrected chi connectivity index (χ4v) is 3.45. The Morgan fingerprint density at radius 2 is 2.23 bits per heavy atom. The number of amides is 1. The standard InChI is InChI=1S/C17H21N5O3S/c1-11-18-19-17-22(11)20-15(26-17)7-8-16(24)21(2)10-14(23)12-5-4-6-13(9-12)25-3/h4-6,9,14,23H,7-8,10H2,1-3H3. The smallest absolute Gasteiger partial charge is 0.234 e. The third kappa shape index (κ3) is 4.00. The van der Waals surface area contributed by atoms with E-state index in [1.807, 2.05) is 25.1 Å². The first-order valence-electron chi connectivity index (χ1n) is 8.21. The van der Waals surface area contributed by atoms with Crippen molar-refractivity contribution >= 4 is 22.2 Å². The molecule has 3 rings (SSSR count). The van der Waals surface area contributed by atoms with Crippen molar-refractivity contribution in [2.75, 3.05) is 20.7 Å². The van der Waals surface area contributed by atoms with Gasteiger partial charge in [-0.15, -0.1) is 10.2 Å². The molecule has 0 saturated heterocycles. The maximum Gasteiger partial charge on any atom is 0.234 e. The molecule has 26 heavy (non-hydrogen) atoms. The molecule has 1 N–H and O–H groups in total. The van der Waals surface area contributed by atoms with Crippen molar-refractivity contribution in [1.29, 1.82) is 0 Å². The Balaban J connectivity index is 1.55. The van der Waals surface area contributed by atoms with Gasteiger partial charge in [-0.25, -0.2) is 0 Å². The summed E-state index contributed by atoms with van der Waals surface area (Å²) in [6.07, 6.45) is 0.0899. The second-order valence-electron chi connectivity index (χ2n) is 6.00. The van der Waals surface area contributed by atoms with E-state index in [2.05, 4.69) is 15.3 Å². The van der Waals surface area contributed by atoms with E-state index in [-0.39, 0.29) is 12.5 Å². The van der Waals surface area contributed by atoms with E-state index in [1.165, 1.54) is 16.2 Å². The molecule has 9 heteroatoms. The molecule has 0 fully saturated rings. The predicted octanol–water partition coefficient (Wildman–Crippen LogP) is 1.63. The molecular formula is C17H21N5O3S. The summed E-state index contributed by atoms with van der Waals surface area (Å²) in [5, 5.41) is 23.6. The molecule has 0 aliphatic heterocycles. The fraction of sp³-hybridized carbons (Fsp3) is 0.412. The molecule has 1 unspecified atom stereocenters. The van der Waals surface area contributed by atoms with Gasteiger partial charge in [-0.3, -0.25) is 4.79 Å². The Bertz CT molecular complexity index is 907. The van der Waals surface area contributed by atoms with Crippen LogP contribution < -0.4 is 4.74 Å². The van der Waals surface area contributed by atoms with Crippen LogP contribution in [0.2, 0.25) is 0 Å². The van der Waals surface area contributed by atoms with Crippen LogP contribution >= 0.6 is 11.3 Å². The molecule has 8 nitrogen and oxygen atoms in total. The largest absolute Gasteiger partial charge is 0.497 e. The van der Waals surface area contributed by atoms with Crippen LogP contribution in [-0.4, -0.2) is 56.4 Å². The predicted molar refractivity (Wildman–Crippen MR) is 97.3 cm³/mol. The highest BCUT2D eigenvalue weighted by Gasteiger charge is 2.17. The van der Waals surface area contributed by atoms with Gasteiger partial charge >= 0.3 is 0 Å². The summed E-state index contributed by atoms with van der Waals surface area (Å²) in [7, 11) is 3.27.